The maximum absolute atomic E-state index is 13.6. The summed E-state index contributed by atoms with van der Waals surface area (Å²) in [7, 11) is 0. The number of allylic oxidation sites excluding steroid dienone is 3. The monoisotopic (exact) mass is 431 g/mol. The molecule has 148 valence electrons. The lowest BCUT2D eigenvalue weighted by atomic mass is 9.68. The highest BCUT2D eigenvalue weighted by Gasteiger charge is 2.73. The number of benzene rings is 2. The average molecular weight is 432 g/mol. The second-order valence-electron chi connectivity index (χ2n) is 7.07. The summed E-state index contributed by atoms with van der Waals surface area (Å²) in [6, 6.07) is 11.2. The predicted molar refractivity (Wildman–Crippen MR) is 110 cm³/mol. The van der Waals surface area contributed by atoms with E-state index in [-0.39, 0.29) is 17.9 Å². The van der Waals surface area contributed by atoms with Gasteiger partial charge in [0.1, 0.15) is 11.6 Å². The first-order valence-electron chi connectivity index (χ1n) is 8.88. The number of alkyl halides is 2. The molecule has 0 spiro atoms. The van der Waals surface area contributed by atoms with Gasteiger partial charge in [-0.1, -0.05) is 30.9 Å². The molecule has 4 nitrogen and oxygen atoms in total. The number of phenolic OH excluding ortho intramolecular Hbond substituents is 1. The highest BCUT2D eigenvalue weighted by molar-refractivity contribution is 6.58. The van der Waals surface area contributed by atoms with Crippen LogP contribution in [-0.2, 0) is 9.59 Å². The number of carbonyl (C=O) groups is 2. The van der Waals surface area contributed by atoms with Crippen LogP contribution in [-0.4, -0.2) is 26.7 Å². The summed E-state index contributed by atoms with van der Waals surface area (Å²) in [5, 5.41) is 9.63. The first kappa shape index (κ1) is 19.7. The molecule has 1 N–H and O–H groups in total. The topological polar surface area (TPSA) is 57.6 Å². The molecule has 2 aromatic carbocycles. The molecule has 1 fully saturated rings. The summed E-state index contributed by atoms with van der Waals surface area (Å²) >= 11 is 13.8. The van der Waals surface area contributed by atoms with Crippen LogP contribution in [0.4, 0.5) is 10.1 Å². The van der Waals surface area contributed by atoms with E-state index in [1.54, 1.807) is 24.3 Å². The second kappa shape index (κ2) is 6.71. The van der Waals surface area contributed by atoms with Crippen LogP contribution in [0.5, 0.6) is 5.75 Å². The van der Waals surface area contributed by atoms with Crippen molar-refractivity contribution in [2.75, 3.05) is 4.90 Å². The maximum Gasteiger partial charge on any atom is 0.258 e. The van der Waals surface area contributed by atoms with Gasteiger partial charge in [-0.25, -0.2) is 9.29 Å². The van der Waals surface area contributed by atoms with Crippen molar-refractivity contribution in [1.29, 1.82) is 0 Å². The lowest BCUT2D eigenvalue weighted by molar-refractivity contribution is -0.122. The van der Waals surface area contributed by atoms with Gasteiger partial charge < -0.3 is 5.11 Å². The molecule has 2 aliphatic rings. The van der Waals surface area contributed by atoms with Gasteiger partial charge in [0, 0.05) is 5.92 Å². The van der Waals surface area contributed by atoms with E-state index in [2.05, 4.69) is 6.58 Å². The van der Waals surface area contributed by atoms with Gasteiger partial charge in [0.15, 0.2) is 9.75 Å². The average Bonchev–Trinajstić information content (AvgIpc) is 2.86. The Morgan fingerprint density at radius 2 is 1.69 bits per heavy atom. The number of carbonyl (C=O) groups excluding carboxylic acids is 2. The number of nitrogens with zero attached hydrogens (tertiary/aromatic N) is 1. The molecule has 0 saturated carbocycles. The summed E-state index contributed by atoms with van der Waals surface area (Å²) < 4.78 is 13.3. The quantitative estimate of drug-likeness (QED) is 0.567. The van der Waals surface area contributed by atoms with Gasteiger partial charge in [-0.15, -0.1) is 23.2 Å². The van der Waals surface area contributed by atoms with E-state index in [1.165, 1.54) is 24.3 Å². The van der Waals surface area contributed by atoms with E-state index < -0.39 is 33.3 Å². The van der Waals surface area contributed by atoms with E-state index in [0.717, 1.165) is 17.0 Å². The fraction of sp³-hybridized carbons (Fsp3) is 0.182. The minimum absolute atomic E-state index is 0.0380. The molecule has 2 amide bonds. The molecule has 1 saturated heterocycles. The van der Waals surface area contributed by atoms with Gasteiger partial charge in [0.05, 0.1) is 5.69 Å². The predicted octanol–water partition coefficient (Wildman–Crippen LogP) is 4.66. The van der Waals surface area contributed by atoms with E-state index >= 15 is 0 Å². The number of fused-ring (bicyclic) bond motifs is 1. The lowest BCUT2D eigenvalue weighted by Crippen LogP contribution is -2.54. The van der Waals surface area contributed by atoms with E-state index in [4.69, 9.17) is 23.2 Å². The molecule has 1 aliphatic heterocycles. The second-order valence-corrected chi connectivity index (χ2v) is 8.31. The number of rotatable bonds is 3. The minimum atomic E-state index is -1.82. The first-order valence-corrected chi connectivity index (χ1v) is 9.63. The zero-order valence-electron chi connectivity index (χ0n) is 15.1. The Kier molecular flexibility index (Phi) is 4.56. The van der Waals surface area contributed by atoms with Gasteiger partial charge in [0.25, 0.3) is 11.8 Å². The first-order chi connectivity index (χ1) is 13.7. The van der Waals surface area contributed by atoms with E-state index in [9.17, 15) is 19.1 Å². The molecule has 0 bridgehead atoms. The van der Waals surface area contributed by atoms with Crippen molar-refractivity contribution in [3.05, 3.63) is 84.2 Å². The molecule has 29 heavy (non-hydrogen) atoms. The Hall–Kier alpha value is -2.63. The summed E-state index contributed by atoms with van der Waals surface area (Å²) in [5.74, 6) is -2.55. The number of hydrogen-bond donors (Lipinski definition) is 1. The van der Waals surface area contributed by atoms with Crippen LogP contribution in [0.2, 0.25) is 0 Å². The van der Waals surface area contributed by atoms with E-state index in [0.29, 0.717) is 11.1 Å². The van der Waals surface area contributed by atoms with Crippen LogP contribution in [0, 0.1) is 5.82 Å². The third-order valence-corrected chi connectivity index (χ3v) is 6.94. The molecule has 0 radical (unpaired) electrons. The van der Waals surface area contributed by atoms with Crippen molar-refractivity contribution in [2.24, 2.45) is 0 Å². The Morgan fingerprint density at radius 3 is 2.28 bits per heavy atom. The van der Waals surface area contributed by atoms with Crippen LogP contribution >= 0.6 is 23.2 Å². The number of amides is 2. The highest BCUT2D eigenvalue weighted by atomic mass is 35.5. The Bertz CT molecular complexity index is 1050. The number of halogens is 3. The molecular weight excluding hydrogens is 416 g/mol. The summed E-state index contributed by atoms with van der Waals surface area (Å²) in [6.07, 6.45) is 3.37. The van der Waals surface area contributed by atoms with Gasteiger partial charge in [-0.2, -0.15) is 0 Å². The van der Waals surface area contributed by atoms with Gasteiger partial charge in [-0.05, 0) is 54.0 Å². The molecule has 3 atom stereocenters. The minimum Gasteiger partial charge on any atom is -0.508 e. The van der Waals surface area contributed by atoms with Crippen LogP contribution in [0.15, 0.2) is 72.8 Å². The largest absolute Gasteiger partial charge is 0.508 e. The summed E-state index contributed by atoms with van der Waals surface area (Å²) in [4.78, 5) is 24.2. The fourth-order valence-corrected chi connectivity index (χ4v) is 4.91. The molecule has 3 unspecified atom stereocenters. The van der Waals surface area contributed by atoms with Crippen LogP contribution in [0.3, 0.4) is 0 Å². The van der Waals surface area contributed by atoms with Crippen molar-refractivity contribution in [3.63, 3.8) is 0 Å². The third kappa shape index (κ3) is 2.65. The SMILES string of the molecule is C=CC1=CCC2(Cl)C(=O)N(c3ccc(F)cc3)C(=O)C2(Cl)C1c1ccc(O)cc1. The number of anilines is 1. The Labute approximate surface area is 176 Å². The molecule has 1 heterocycles. The van der Waals surface area contributed by atoms with Crippen LogP contribution in [0.25, 0.3) is 0 Å². The van der Waals surface area contributed by atoms with Crippen LogP contribution < -0.4 is 4.90 Å². The smallest absolute Gasteiger partial charge is 0.258 e. The standard InChI is InChI=1S/C22H16Cl2FNO3/c1-2-13-11-12-21(23)19(28)26(16-7-5-15(25)6-8-16)20(29)22(21,24)18(13)14-3-9-17(27)10-4-14/h2-11,18,27H,1,12H2. The fourth-order valence-electron chi connectivity index (χ4n) is 4.07. The zero-order valence-corrected chi connectivity index (χ0v) is 16.6. The molecule has 0 aromatic heterocycles. The number of hydrogen-bond acceptors (Lipinski definition) is 3. The number of imide groups is 1. The van der Waals surface area contributed by atoms with Crippen molar-refractivity contribution >= 4 is 40.7 Å². The molecule has 7 heteroatoms. The van der Waals surface area contributed by atoms with Gasteiger partial charge >= 0.3 is 0 Å². The van der Waals surface area contributed by atoms with Crippen LogP contribution in [0.1, 0.15) is 17.9 Å². The zero-order chi connectivity index (χ0) is 21.0. The molecular formula is C22H16Cl2FNO3. The van der Waals surface area contributed by atoms with Crippen molar-refractivity contribution in [1.82, 2.24) is 0 Å². The highest BCUT2D eigenvalue weighted by Crippen LogP contribution is 2.59. The number of aromatic hydroxyl groups is 1. The van der Waals surface area contributed by atoms with Crippen molar-refractivity contribution < 1.29 is 19.1 Å². The van der Waals surface area contributed by atoms with E-state index in [1.807, 2.05) is 0 Å². The number of phenols is 1. The molecule has 1 aliphatic carbocycles. The Balaban J connectivity index is 1.91. The lowest BCUT2D eigenvalue weighted by Gasteiger charge is -2.42. The summed E-state index contributed by atoms with van der Waals surface area (Å²) in [5.41, 5.74) is 1.46. The van der Waals surface area contributed by atoms with Crippen molar-refractivity contribution in [2.45, 2.75) is 22.1 Å². The normalized spacial score (nSPS) is 28.9. The molecule has 4 rings (SSSR count). The Morgan fingerprint density at radius 1 is 1.07 bits per heavy atom. The maximum atomic E-state index is 13.6. The van der Waals surface area contributed by atoms with Gasteiger partial charge in [0.2, 0.25) is 0 Å². The molecule has 2 aromatic rings. The van der Waals surface area contributed by atoms with Gasteiger partial charge in [-0.3, -0.25) is 9.59 Å². The summed E-state index contributed by atoms with van der Waals surface area (Å²) in [6.45, 7) is 3.81. The third-order valence-electron chi connectivity index (χ3n) is 5.53. The van der Waals surface area contributed by atoms with Crippen molar-refractivity contribution in [3.8, 4) is 5.75 Å².